The predicted molar refractivity (Wildman–Crippen MR) is 66.1 cm³/mol. The Labute approximate surface area is 95.2 Å². The van der Waals surface area contributed by atoms with E-state index in [9.17, 15) is 0 Å². The Hall–Kier alpha value is -2.27. The van der Waals surface area contributed by atoms with Crippen LogP contribution in [0.15, 0.2) is 48.5 Å². The summed E-state index contributed by atoms with van der Waals surface area (Å²) in [5, 5.41) is 11.9. The zero-order valence-corrected chi connectivity index (χ0v) is 9.07. The Bertz CT molecular complexity index is 521. The number of hydrogen-bond acceptors (Lipinski definition) is 2. The molecule has 2 nitrogen and oxygen atoms in total. The van der Waals surface area contributed by atoms with Crippen molar-refractivity contribution in [1.29, 1.82) is 5.26 Å². The van der Waals surface area contributed by atoms with E-state index in [1.807, 2.05) is 49.5 Å². The quantitative estimate of drug-likeness (QED) is 0.822. The molecule has 0 heterocycles. The second kappa shape index (κ2) is 4.50. The van der Waals surface area contributed by atoms with E-state index in [0.29, 0.717) is 5.56 Å². The molecule has 0 radical (unpaired) electrons. The third-order valence-corrected chi connectivity index (χ3v) is 2.52. The van der Waals surface area contributed by atoms with Crippen LogP contribution in [0.25, 0.3) is 11.1 Å². The summed E-state index contributed by atoms with van der Waals surface area (Å²) in [6.07, 6.45) is 0. The van der Waals surface area contributed by atoms with Gasteiger partial charge in [-0.25, -0.2) is 0 Å². The van der Waals surface area contributed by atoms with Gasteiger partial charge in [0.25, 0.3) is 0 Å². The van der Waals surface area contributed by atoms with Crippen LogP contribution in [0.1, 0.15) is 5.56 Å². The second-order valence-corrected chi connectivity index (χ2v) is 3.48. The summed E-state index contributed by atoms with van der Waals surface area (Å²) in [5.41, 5.74) is 4.04. The first-order valence-corrected chi connectivity index (χ1v) is 5.12. The minimum Gasteiger partial charge on any atom is -0.388 e. The normalized spacial score (nSPS) is 9.50. The molecule has 2 rings (SSSR count). The molecule has 16 heavy (non-hydrogen) atoms. The molecular weight excluding hydrogens is 196 g/mol. The van der Waals surface area contributed by atoms with Gasteiger partial charge in [0.2, 0.25) is 0 Å². The smallest absolute Gasteiger partial charge is 0.0991 e. The average molecular weight is 208 g/mol. The number of nitrogens with one attached hydrogen (secondary N) is 1. The van der Waals surface area contributed by atoms with Gasteiger partial charge in [0.1, 0.15) is 0 Å². The van der Waals surface area contributed by atoms with Gasteiger partial charge in [-0.2, -0.15) is 5.26 Å². The standard InChI is InChI=1S/C14H12N2/c1-16-14-5-3-2-4-13(14)12-8-6-11(10-15)7-9-12/h2-9,16H,1H3. The first kappa shape index (κ1) is 10.3. The topological polar surface area (TPSA) is 35.8 Å². The number of para-hydroxylation sites is 1. The molecule has 0 amide bonds. The number of anilines is 1. The van der Waals surface area contributed by atoms with Crippen molar-refractivity contribution in [3.8, 4) is 17.2 Å². The van der Waals surface area contributed by atoms with Gasteiger partial charge < -0.3 is 5.32 Å². The van der Waals surface area contributed by atoms with Crippen LogP contribution >= 0.6 is 0 Å². The maximum absolute atomic E-state index is 8.74. The van der Waals surface area contributed by atoms with Gasteiger partial charge in [-0.1, -0.05) is 30.3 Å². The van der Waals surface area contributed by atoms with Crippen molar-refractivity contribution in [1.82, 2.24) is 0 Å². The molecule has 2 heteroatoms. The lowest BCUT2D eigenvalue weighted by atomic mass is 10.0. The lowest BCUT2D eigenvalue weighted by Gasteiger charge is -2.08. The van der Waals surface area contributed by atoms with E-state index in [4.69, 9.17) is 5.26 Å². The van der Waals surface area contributed by atoms with Gasteiger partial charge in [0, 0.05) is 18.3 Å². The number of benzene rings is 2. The predicted octanol–water partition coefficient (Wildman–Crippen LogP) is 3.27. The summed E-state index contributed by atoms with van der Waals surface area (Å²) in [7, 11) is 1.91. The average Bonchev–Trinajstić information content (AvgIpc) is 2.39. The highest BCUT2D eigenvalue weighted by Gasteiger charge is 2.02. The first-order valence-electron chi connectivity index (χ1n) is 5.12. The molecule has 0 spiro atoms. The first-order chi connectivity index (χ1) is 7.85. The Morgan fingerprint density at radius 1 is 1.00 bits per heavy atom. The maximum atomic E-state index is 8.74. The second-order valence-electron chi connectivity index (χ2n) is 3.48. The van der Waals surface area contributed by atoms with Crippen LogP contribution in [0, 0.1) is 11.3 Å². The van der Waals surface area contributed by atoms with Crippen molar-refractivity contribution >= 4 is 5.69 Å². The summed E-state index contributed by atoms with van der Waals surface area (Å²) >= 11 is 0. The SMILES string of the molecule is CNc1ccccc1-c1ccc(C#N)cc1. The molecule has 0 aliphatic rings. The van der Waals surface area contributed by atoms with Gasteiger partial charge >= 0.3 is 0 Å². The van der Waals surface area contributed by atoms with E-state index < -0.39 is 0 Å². The molecule has 0 saturated carbocycles. The van der Waals surface area contributed by atoms with Crippen molar-refractivity contribution in [2.45, 2.75) is 0 Å². The van der Waals surface area contributed by atoms with Crippen LogP contribution in [0.4, 0.5) is 5.69 Å². The fraction of sp³-hybridized carbons (Fsp3) is 0.0714. The monoisotopic (exact) mass is 208 g/mol. The van der Waals surface area contributed by atoms with E-state index in [1.165, 1.54) is 0 Å². The number of hydrogen-bond donors (Lipinski definition) is 1. The Kier molecular flexibility index (Phi) is 2.88. The van der Waals surface area contributed by atoms with E-state index >= 15 is 0 Å². The van der Waals surface area contributed by atoms with Crippen LogP contribution in [0.5, 0.6) is 0 Å². The number of rotatable bonds is 2. The molecule has 0 aromatic heterocycles. The zero-order valence-electron chi connectivity index (χ0n) is 9.07. The van der Waals surface area contributed by atoms with Crippen LogP contribution < -0.4 is 5.32 Å². The van der Waals surface area contributed by atoms with Crippen LogP contribution in [0.2, 0.25) is 0 Å². The molecule has 78 valence electrons. The van der Waals surface area contributed by atoms with E-state index in [2.05, 4.69) is 17.5 Å². The third-order valence-electron chi connectivity index (χ3n) is 2.52. The molecule has 0 aliphatic carbocycles. The fourth-order valence-corrected chi connectivity index (χ4v) is 1.68. The summed E-state index contributed by atoms with van der Waals surface area (Å²) in [6, 6.07) is 17.8. The number of nitriles is 1. The molecule has 0 fully saturated rings. The fourth-order valence-electron chi connectivity index (χ4n) is 1.68. The highest BCUT2D eigenvalue weighted by Crippen LogP contribution is 2.27. The van der Waals surface area contributed by atoms with Crippen molar-refractivity contribution in [3.05, 3.63) is 54.1 Å². The van der Waals surface area contributed by atoms with Gasteiger partial charge in [0.15, 0.2) is 0 Å². The maximum Gasteiger partial charge on any atom is 0.0991 e. The molecule has 0 bridgehead atoms. The molecular formula is C14H12N2. The van der Waals surface area contributed by atoms with Crippen molar-refractivity contribution < 1.29 is 0 Å². The van der Waals surface area contributed by atoms with E-state index in [0.717, 1.165) is 16.8 Å². The van der Waals surface area contributed by atoms with Crippen molar-refractivity contribution in [2.75, 3.05) is 12.4 Å². The van der Waals surface area contributed by atoms with Gasteiger partial charge in [0.05, 0.1) is 11.6 Å². The molecule has 0 atom stereocenters. The minimum atomic E-state index is 0.686. The highest BCUT2D eigenvalue weighted by atomic mass is 14.8. The lowest BCUT2D eigenvalue weighted by Crippen LogP contribution is -1.91. The van der Waals surface area contributed by atoms with E-state index in [-0.39, 0.29) is 0 Å². The molecule has 0 aliphatic heterocycles. The minimum absolute atomic E-state index is 0.686. The Morgan fingerprint density at radius 3 is 2.31 bits per heavy atom. The van der Waals surface area contributed by atoms with Crippen LogP contribution in [0.3, 0.4) is 0 Å². The third kappa shape index (κ3) is 1.89. The summed E-state index contributed by atoms with van der Waals surface area (Å²) in [5.74, 6) is 0. The van der Waals surface area contributed by atoms with Gasteiger partial charge in [-0.05, 0) is 23.8 Å². The van der Waals surface area contributed by atoms with Crippen molar-refractivity contribution in [2.24, 2.45) is 0 Å². The Morgan fingerprint density at radius 2 is 1.69 bits per heavy atom. The van der Waals surface area contributed by atoms with E-state index in [1.54, 1.807) is 0 Å². The van der Waals surface area contributed by atoms with Crippen molar-refractivity contribution in [3.63, 3.8) is 0 Å². The molecule has 2 aromatic rings. The number of nitrogens with zero attached hydrogens (tertiary/aromatic N) is 1. The zero-order chi connectivity index (χ0) is 11.4. The molecule has 0 saturated heterocycles. The highest BCUT2D eigenvalue weighted by molar-refractivity contribution is 5.77. The molecule has 2 aromatic carbocycles. The molecule has 0 unspecified atom stereocenters. The lowest BCUT2D eigenvalue weighted by molar-refractivity contribution is 1.47. The molecule has 1 N–H and O–H groups in total. The summed E-state index contributed by atoms with van der Waals surface area (Å²) in [6.45, 7) is 0. The Balaban J connectivity index is 2.47. The largest absolute Gasteiger partial charge is 0.388 e. The van der Waals surface area contributed by atoms with Crippen LogP contribution in [-0.2, 0) is 0 Å². The summed E-state index contributed by atoms with van der Waals surface area (Å²) < 4.78 is 0. The van der Waals surface area contributed by atoms with Gasteiger partial charge in [-0.3, -0.25) is 0 Å². The van der Waals surface area contributed by atoms with Gasteiger partial charge in [-0.15, -0.1) is 0 Å². The summed E-state index contributed by atoms with van der Waals surface area (Å²) in [4.78, 5) is 0. The van der Waals surface area contributed by atoms with Crippen LogP contribution in [-0.4, -0.2) is 7.05 Å².